The van der Waals surface area contributed by atoms with Crippen LogP contribution in [0.25, 0.3) is 0 Å². The predicted octanol–water partition coefficient (Wildman–Crippen LogP) is 2.13. The molecule has 0 aliphatic rings. The Balaban J connectivity index is 2.46. The summed E-state index contributed by atoms with van der Waals surface area (Å²) in [7, 11) is 0. The fourth-order valence-electron chi connectivity index (χ4n) is 1.53. The van der Waals surface area contributed by atoms with Gasteiger partial charge in [0.25, 0.3) is 0 Å². The lowest BCUT2D eigenvalue weighted by Crippen LogP contribution is -2.05. The number of aliphatic hydroxyl groups excluding tert-OH is 2. The number of hydrogen-bond donors (Lipinski definition) is 2. The quantitative estimate of drug-likeness (QED) is 0.753. The molecule has 0 spiro atoms. The number of aliphatic hydroxyl groups is 2. The molecule has 0 fully saturated rings. The Labute approximate surface area is 85.2 Å². The molecule has 2 atom stereocenters. The van der Waals surface area contributed by atoms with Crippen LogP contribution >= 0.6 is 0 Å². The summed E-state index contributed by atoms with van der Waals surface area (Å²) < 4.78 is 0. The fraction of sp³-hybridized carbons (Fsp3) is 0.500. The van der Waals surface area contributed by atoms with E-state index in [9.17, 15) is 5.11 Å². The molecule has 0 saturated carbocycles. The molecule has 0 aromatic heterocycles. The van der Waals surface area contributed by atoms with Crippen LogP contribution in [0.3, 0.4) is 0 Å². The molecule has 0 radical (unpaired) electrons. The van der Waals surface area contributed by atoms with E-state index in [-0.39, 0.29) is 6.61 Å². The predicted molar refractivity (Wildman–Crippen MR) is 56.9 cm³/mol. The van der Waals surface area contributed by atoms with E-state index in [1.165, 1.54) is 0 Å². The highest BCUT2D eigenvalue weighted by molar-refractivity contribution is 5.17. The lowest BCUT2D eigenvalue weighted by atomic mass is 9.96. The Kier molecular flexibility index (Phi) is 4.63. The van der Waals surface area contributed by atoms with Gasteiger partial charge in [-0.25, -0.2) is 0 Å². The summed E-state index contributed by atoms with van der Waals surface area (Å²) in [5.41, 5.74) is 0.956. The van der Waals surface area contributed by atoms with Crippen LogP contribution in [0.1, 0.15) is 31.4 Å². The minimum absolute atomic E-state index is 0.197. The summed E-state index contributed by atoms with van der Waals surface area (Å²) in [6, 6.07) is 9.64. The molecule has 1 aromatic rings. The molecule has 0 bridgehead atoms. The second-order valence-corrected chi connectivity index (χ2v) is 3.78. The molecular weight excluding hydrogens is 176 g/mol. The summed E-state index contributed by atoms with van der Waals surface area (Å²) in [6.07, 6.45) is 1.06. The maximum atomic E-state index is 9.84. The van der Waals surface area contributed by atoms with Gasteiger partial charge in [0, 0.05) is 6.61 Å². The molecule has 1 rings (SSSR count). The van der Waals surface area contributed by atoms with Gasteiger partial charge in [0.05, 0.1) is 6.10 Å². The third kappa shape index (κ3) is 3.48. The van der Waals surface area contributed by atoms with E-state index < -0.39 is 6.10 Å². The van der Waals surface area contributed by atoms with Crippen LogP contribution in [0.15, 0.2) is 30.3 Å². The van der Waals surface area contributed by atoms with Crippen molar-refractivity contribution in [2.24, 2.45) is 5.92 Å². The number of hydrogen-bond acceptors (Lipinski definition) is 2. The van der Waals surface area contributed by atoms with Crippen molar-refractivity contribution in [3.63, 3.8) is 0 Å². The molecule has 0 heterocycles. The Bertz CT molecular complexity index is 246. The van der Waals surface area contributed by atoms with Gasteiger partial charge in [0.2, 0.25) is 0 Å². The summed E-state index contributed by atoms with van der Waals surface area (Å²) in [5.74, 6) is 0.357. The zero-order valence-electron chi connectivity index (χ0n) is 8.56. The molecule has 0 aliphatic heterocycles. The minimum atomic E-state index is -0.405. The maximum absolute atomic E-state index is 9.84. The molecule has 0 amide bonds. The zero-order valence-corrected chi connectivity index (χ0v) is 8.56. The van der Waals surface area contributed by atoms with Gasteiger partial charge in [-0.3, -0.25) is 0 Å². The molecule has 0 saturated heterocycles. The van der Waals surface area contributed by atoms with Crippen molar-refractivity contribution in [2.45, 2.75) is 25.9 Å². The molecule has 2 nitrogen and oxygen atoms in total. The normalized spacial score (nSPS) is 15.1. The highest BCUT2D eigenvalue weighted by Gasteiger charge is 2.11. The first-order valence-corrected chi connectivity index (χ1v) is 5.08. The minimum Gasteiger partial charge on any atom is -0.396 e. The van der Waals surface area contributed by atoms with Gasteiger partial charge in [-0.15, -0.1) is 0 Å². The summed E-state index contributed by atoms with van der Waals surface area (Å²) in [5, 5.41) is 18.6. The van der Waals surface area contributed by atoms with E-state index in [4.69, 9.17) is 5.11 Å². The van der Waals surface area contributed by atoms with Crippen molar-refractivity contribution in [1.82, 2.24) is 0 Å². The van der Waals surface area contributed by atoms with Crippen LogP contribution in [0.5, 0.6) is 0 Å². The molecule has 2 heteroatoms. The van der Waals surface area contributed by atoms with Crippen LogP contribution in [-0.2, 0) is 0 Å². The first kappa shape index (κ1) is 11.2. The summed E-state index contributed by atoms with van der Waals surface area (Å²) >= 11 is 0. The van der Waals surface area contributed by atoms with E-state index in [1.54, 1.807) is 0 Å². The van der Waals surface area contributed by atoms with Gasteiger partial charge in [-0.1, -0.05) is 37.3 Å². The van der Waals surface area contributed by atoms with E-state index in [2.05, 4.69) is 0 Å². The molecule has 0 unspecified atom stereocenters. The summed E-state index contributed by atoms with van der Waals surface area (Å²) in [4.78, 5) is 0. The second kappa shape index (κ2) is 5.78. The van der Waals surface area contributed by atoms with Gasteiger partial charge in [0.15, 0.2) is 0 Å². The topological polar surface area (TPSA) is 40.5 Å². The van der Waals surface area contributed by atoms with Crippen molar-refractivity contribution in [2.75, 3.05) is 6.61 Å². The lowest BCUT2D eigenvalue weighted by molar-refractivity contribution is 0.137. The lowest BCUT2D eigenvalue weighted by Gasteiger charge is -2.15. The van der Waals surface area contributed by atoms with Crippen LogP contribution in [0, 0.1) is 5.92 Å². The van der Waals surface area contributed by atoms with Crippen molar-refractivity contribution in [3.8, 4) is 0 Å². The Hall–Kier alpha value is -0.860. The molecule has 1 aromatic carbocycles. The van der Waals surface area contributed by atoms with E-state index in [0.717, 1.165) is 12.0 Å². The average molecular weight is 194 g/mol. The standard InChI is InChI=1S/C12H18O2/c1-10(7-8-13)9-12(14)11-5-3-2-4-6-11/h2-6,10,12-14H,7-9H2,1H3/t10-,12-/m1/s1. The Morgan fingerprint density at radius 1 is 1.21 bits per heavy atom. The fourth-order valence-corrected chi connectivity index (χ4v) is 1.53. The number of rotatable bonds is 5. The van der Waals surface area contributed by atoms with Gasteiger partial charge in [-0.2, -0.15) is 0 Å². The van der Waals surface area contributed by atoms with Gasteiger partial charge in [-0.05, 0) is 24.3 Å². The molecule has 14 heavy (non-hydrogen) atoms. The van der Waals surface area contributed by atoms with Crippen molar-refractivity contribution < 1.29 is 10.2 Å². The van der Waals surface area contributed by atoms with Crippen molar-refractivity contribution in [1.29, 1.82) is 0 Å². The van der Waals surface area contributed by atoms with Gasteiger partial charge >= 0.3 is 0 Å². The zero-order chi connectivity index (χ0) is 10.4. The number of benzene rings is 1. The average Bonchev–Trinajstić information content (AvgIpc) is 2.19. The highest BCUT2D eigenvalue weighted by Crippen LogP contribution is 2.22. The van der Waals surface area contributed by atoms with Gasteiger partial charge < -0.3 is 10.2 Å². The van der Waals surface area contributed by atoms with E-state index >= 15 is 0 Å². The smallest absolute Gasteiger partial charge is 0.0792 e. The van der Waals surface area contributed by atoms with E-state index in [0.29, 0.717) is 12.3 Å². The first-order valence-electron chi connectivity index (χ1n) is 5.08. The van der Waals surface area contributed by atoms with Crippen molar-refractivity contribution in [3.05, 3.63) is 35.9 Å². The maximum Gasteiger partial charge on any atom is 0.0792 e. The van der Waals surface area contributed by atoms with Gasteiger partial charge in [0.1, 0.15) is 0 Å². The highest BCUT2D eigenvalue weighted by atomic mass is 16.3. The third-order valence-electron chi connectivity index (χ3n) is 2.43. The monoisotopic (exact) mass is 194 g/mol. The molecule has 78 valence electrons. The molecule has 0 aliphatic carbocycles. The van der Waals surface area contributed by atoms with E-state index in [1.807, 2.05) is 37.3 Å². The Morgan fingerprint density at radius 2 is 1.86 bits per heavy atom. The third-order valence-corrected chi connectivity index (χ3v) is 2.43. The second-order valence-electron chi connectivity index (χ2n) is 3.78. The SMILES string of the molecule is C[C@H](CCO)C[C@@H](O)c1ccccc1. The largest absolute Gasteiger partial charge is 0.396 e. The molecular formula is C12H18O2. The van der Waals surface area contributed by atoms with Crippen LogP contribution in [0.2, 0.25) is 0 Å². The van der Waals surface area contributed by atoms with Crippen LogP contribution in [-0.4, -0.2) is 16.8 Å². The molecule has 2 N–H and O–H groups in total. The van der Waals surface area contributed by atoms with Crippen LogP contribution < -0.4 is 0 Å². The van der Waals surface area contributed by atoms with Crippen molar-refractivity contribution >= 4 is 0 Å². The van der Waals surface area contributed by atoms with Crippen LogP contribution in [0.4, 0.5) is 0 Å². The Morgan fingerprint density at radius 3 is 2.43 bits per heavy atom. The summed E-state index contributed by atoms with van der Waals surface area (Å²) in [6.45, 7) is 2.24. The first-order chi connectivity index (χ1) is 6.74.